The Morgan fingerprint density at radius 1 is 1.44 bits per heavy atom. The fourth-order valence-corrected chi connectivity index (χ4v) is 0.594. The smallest absolute Gasteiger partial charge is 0.141 e. The van der Waals surface area contributed by atoms with Crippen LogP contribution < -0.4 is 5.11 Å². The summed E-state index contributed by atoms with van der Waals surface area (Å²) in [5.41, 5.74) is 0. The summed E-state index contributed by atoms with van der Waals surface area (Å²) in [7, 11) is 0. The molecule has 48 valence electrons. The van der Waals surface area contributed by atoms with Crippen LogP contribution in [0.25, 0.3) is 0 Å². The third-order valence-corrected chi connectivity index (χ3v) is 1.20. The summed E-state index contributed by atoms with van der Waals surface area (Å²) in [5, 5.41) is 10.3. The Labute approximate surface area is 56.7 Å². The monoisotopic (exact) mass is 145 g/mol. The Bertz CT molecular complexity index is 224. The van der Waals surface area contributed by atoms with E-state index >= 15 is 0 Å². The van der Waals surface area contributed by atoms with Gasteiger partial charge in [-0.05, 0) is 12.1 Å². The lowest BCUT2D eigenvalue weighted by Gasteiger charge is -2.02. The summed E-state index contributed by atoms with van der Waals surface area (Å²) in [5.74, 6) is -1.03. The highest BCUT2D eigenvalue weighted by Gasteiger charge is 1.93. The molecule has 0 N–H and O–H groups in total. The fraction of sp³-hybridized carbons (Fsp3) is 0. The number of rotatable bonds is 0. The van der Waals surface area contributed by atoms with Crippen molar-refractivity contribution in [2.24, 2.45) is 0 Å². The largest absolute Gasteiger partial charge is 0.872 e. The van der Waals surface area contributed by atoms with Gasteiger partial charge in [0.25, 0.3) is 0 Å². The van der Waals surface area contributed by atoms with Crippen molar-refractivity contribution in [3.8, 4) is 5.75 Å². The molecule has 0 atom stereocenters. The van der Waals surface area contributed by atoms with E-state index in [2.05, 4.69) is 0 Å². The highest BCUT2D eigenvalue weighted by molar-refractivity contribution is 6.30. The first-order valence-electron chi connectivity index (χ1n) is 2.32. The van der Waals surface area contributed by atoms with Gasteiger partial charge in [0.1, 0.15) is 5.82 Å². The van der Waals surface area contributed by atoms with Crippen LogP contribution in [0.5, 0.6) is 5.75 Å². The molecule has 0 saturated carbocycles. The standard InChI is InChI=1S/C6H4ClFO/c7-5-2-1-4(9)3-6(5)8/h1-3,9H/p-1. The van der Waals surface area contributed by atoms with Crippen LogP contribution in [-0.4, -0.2) is 0 Å². The van der Waals surface area contributed by atoms with Crippen LogP contribution in [0.1, 0.15) is 0 Å². The number of hydrogen-bond acceptors (Lipinski definition) is 1. The van der Waals surface area contributed by atoms with E-state index < -0.39 is 5.82 Å². The molecule has 0 bridgehead atoms. The maximum atomic E-state index is 12.2. The lowest BCUT2D eigenvalue weighted by atomic mass is 10.3. The van der Waals surface area contributed by atoms with Crippen molar-refractivity contribution < 1.29 is 9.50 Å². The van der Waals surface area contributed by atoms with Gasteiger partial charge in [-0.2, -0.15) is 0 Å². The highest BCUT2D eigenvalue weighted by atomic mass is 35.5. The molecular weight excluding hydrogens is 143 g/mol. The van der Waals surface area contributed by atoms with Crippen LogP contribution in [-0.2, 0) is 0 Å². The molecule has 0 spiro atoms. The summed E-state index contributed by atoms with van der Waals surface area (Å²) in [6, 6.07) is 3.30. The van der Waals surface area contributed by atoms with Crippen LogP contribution in [0.3, 0.4) is 0 Å². The van der Waals surface area contributed by atoms with E-state index in [1.165, 1.54) is 12.1 Å². The Kier molecular flexibility index (Phi) is 1.58. The molecule has 0 aliphatic rings. The fourth-order valence-electron chi connectivity index (χ4n) is 0.477. The molecule has 1 aromatic carbocycles. The molecule has 3 heteroatoms. The molecule has 0 aliphatic heterocycles. The van der Waals surface area contributed by atoms with Crippen molar-refractivity contribution in [2.45, 2.75) is 0 Å². The summed E-state index contributed by atoms with van der Waals surface area (Å²) in [6.07, 6.45) is 0. The van der Waals surface area contributed by atoms with Crippen molar-refractivity contribution >= 4 is 11.6 Å². The molecule has 0 aliphatic carbocycles. The minimum Gasteiger partial charge on any atom is -0.872 e. The van der Waals surface area contributed by atoms with Gasteiger partial charge in [0, 0.05) is 0 Å². The first kappa shape index (κ1) is 6.36. The van der Waals surface area contributed by atoms with Crippen molar-refractivity contribution in [1.29, 1.82) is 0 Å². The maximum Gasteiger partial charge on any atom is 0.141 e. The van der Waals surface area contributed by atoms with Crippen molar-refractivity contribution in [3.63, 3.8) is 0 Å². The van der Waals surface area contributed by atoms with Gasteiger partial charge in [-0.1, -0.05) is 17.7 Å². The van der Waals surface area contributed by atoms with E-state index in [4.69, 9.17) is 11.6 Å². The molecule has 1 rings (SSSR count). The molecule has 0 heterocycles. The average molecular weight is 146 g/mol. The van der Waals surface area contributed by atoms with E-state index in [1.807, 2.05) is 0 Å². The molecule has 9 heavy (non-hydrogen) atoms. The van der Waals surface area contributed by atoms with Crippen LogP contribution in [0.4, 0.5) is 4.39 Å². The Balaban J connectivity index is 3.17. The minimum absolute atomic E-state index is 0.0189. The van der Waals surface area contributed by atoms with Gasteiger partial charge >= 0.3 is 0 Å². The first-order chi connectivity index (χ1) is 4.20. The molecule has 0 amide bonds. The van der Waals surface area contributed by atoms with Gasteiger partial charge < -0.3 is 5.11 Å². The molecular formula is C6H3ClFO-. The quantitative estimate of drug-likeness (QED) is 0.543. The number of hydrogen-bond donors (Lipinski definition) is 0. The summed E-state index contributed by atoms with van der Waals surface area (Å²) in [6.45, 7) is 0. The molecule has 0 radical (unpaired) electrons. The van der Waals surface area contributed by atoms with Crippen LogP contribution in [0.2, 0.25) is 5.02 Å². The van der Waals surface area contributed by atoms with E-state index in [1.54, 1.807) is 0 Å². The molecule has 0 fully saturated rings. The zero-order chi connectivity index (χ0) is 6.85. The minimum atomic E-state index is -0.663. The molecule has 0 aromatic heterocycles. The van der Waals surface area contributed by atoms with E-state index in [9.17, 15) is 9.50 Å². The third-order valence-electron chi connectivity index (χ3n) is 0.891. The Morgan fingerprint density at radius 3 is 2.56 bits per heavy atom. The summed E-state index contributed by atoms with van der Waals surface area (Å²) >= 11 is 5.27. The predicted octanol–water partition coefficient (Wildman–Crippen LogP) is 1.55. The third kappa shape index (κ3) is 1.33. The lowest BCUT2D eigenvalue weighted by molar-refractivity contribution is -0.268. The SMILES string of the molecule is [O-]c1ccc(Cl)c(F)c1. The first-order valence-corrected chi connectivity index (χ1v) is 2.70. The normalized spacial score (nSPS) is 9.56. The van der Waals surface area contributed by atoms with Crippen molar-refractivity contribution in [3.05, 3.63) is 29.0 Å². The molecule has 0 saturated heterocycles. The van der Waals surface area contributed by atoms with E-state index in [-0.39, 0.29) is 10.8 Å². The summed E-state index contributed by atoms with van der Waals surface area (Å²) < 4.78 is 12.2. The van der Waals surface area contributed by atoms with Crippen LogP contribution >= 0.6 is 11.6 Å². The Morgan fingerprint density at radius 2 is 2.11 bits per heavy atom. The van der Waals surface area contributed by atoms with Gasteiger partial charge in [0.15, 0.2) is 0 Å². The van der Waals surface area contributed by atoms with E-state index in [0.717, 1.165) is 6.07 Å². The lowest BCUT2D eigenvalue weighted by Crippen LogP contribution is -1.89. The highest BCUT2D eigenvalue weighted by Crippen LogP contribution is 2.16. The van der Waals surface area contributed by atoms with E-state index in [0.29, 0.717) is 0 Å². The van der Waals surface area contributed by atoms with Gasteiger partial charge in [0.05, 0.1) is 5.02 Å². The second kappa shape index (κ2) is 2.23. The Hall–Kier alpha value is -0.760. The zero-order valence-corrected chi connectivity index (χ0v) is 5.15. The second-order valence-electron chi connectivity index (χ2n) is 1.58. The van der Waals surface area contributed by atoms with Crippen LogP contribution in [0, 0.1) is 5.82 Å². The zero-order valence-electron chi connectivity index (χ0n) is 4.40. The van der Waals surface area contributed by atoms with Gasteiger partial charge in [0.2, 0.25) is 0 Å². The average Bonchev–Trinajstić information content (AvgIpc) is 1.80. The predicted molar refractivity (Wildman–Crippen MR) is 30.9 cm³/mol. The topological polar surface area (TPSA) is 23.1 Å². The maximum absolute atomic E-state index is 12.2. The second-order valence-corrected chi connectivity index (χ2v) is 1.98. The van der Waals surface area contributed by atoms with Gasteiger partial charge in [-0.3, -0.25) is 0 Å². The van der Waals surface area contributed by atoms with Crippen molar-refractivity contribution in [1.82, 2.24) is 0 Å². The van der Waals surface area contributed by atoms with Gasteiger partial charge in [-0.15, -0.1) is 5.75 Å². The van der Waals surface area contributed by atoms with Crippen molar-refractivity contribution in [2.75, 3.05) is 0 Å². The van der Waals surface area contributed by atoms with Gasteiger partial charge in [-0.25, -0.2) is 4.39 Å². The summed E-state index contributed by atoms with van der Waals surface area (Å²) in [4.78, 5) is 0. The molecule has 1 aromatic rings. The number of benzene rings is 1. The molecule has 0 unspecified atom stereocenters. The molecule has 1 nitrogen and oxygen atoms in total. The number of halogens is 2. The van der Waals surface area contributed by atoms with Crippen LogP contribution in [0.15, 0.2) is 18.2 Å².